The second-order valence-electron chi connectivity index (χ2n) is 6.19. The maximum atomic E-state index is 12.3. The van der Waals surface area contributed by atoms with Crippen LogP contribution in [0.5, 0.6) is 0 Å². The summed E-state index contributed by atoms with van der Waals surface area (Å²) in [6.07, 6.45) is 1.66. The number of hydrogen-bond donors (Lipinski definition) is 2. The number of carbonyl (C=O) groups is 1. The summed E-state index contributed by atoms with van der Waals surface area (Å²) < 4.78 is 5.57. The predicted octanol–water partition coefficient (Wildman–Crippen LogP) is 3.19. The fourth-order valence-corrected chi connectivity index (χ4v) is 2.80. The lowest BCUT2D eigenvalue weighted by atomic mass is 10.0. The van der Waals surface area contributed by atoms with Gasteiger partial charge in [-0.25, -0.2) is 0 Å². The average molecular weight is 335 g/mol. The third-order valence-electron chi connectivity index (χ3n) is 4.34. The van der Waals surface area contributed by atoms with Crippen molar-refractivity contribution in [1.29, 1.82) is 0 Å². The largest absolute Gasteiger partial charge is 0.463 e. The van der Waals surface area contributed by atoms with Crippen LogP contribution < -0.4 is 10.6 Å². The Kier molecular flexibility index (Phi) is 5.31. The van der Waals surface area contributed by atoms with E-state index in [9.17, 15) is 4.79 Å². The molecule has 3 aromatic rings. The molecule has 0 unspecified atom stereocenters. The molecule has 0 aliphatic rings. The Hall–Kier alpha value is -2.85. The number of quaternary nitrogens is 1. The molecular weight excluding hydrogens is 312 g/mol. The summed E-state index contributed by atoms with van der Waals surface area (Å²) in [7, 11) is 0. The molecule has 1 amide bonds. The predicted molar refractivity (Wildman–Crippen MR) is 98.3 cm³/mol. The van der Waals surface area contributed by atoms with Gasteiger partial charge in [0.25, 0.3) is 5.91 Å². The molecule has 0 fully saturated rings. The molecule has 1 heterocycles. The highest BCUT2D eigenvalue weighted by molar-refractivity contribution is 5.91. The summed E-state index contributed by atoms with van der Waals surface area (Å²) in [5, 5.41) is 4.95. The van der Waals surface area contributed by atoms with E-state index in [1.807, 2.05) is 72.9 Å². The van der Waals surface area contributed by atoms with E-state index < -0.39 is 0 Å². The second kappa shape index (κ2) is 7.81. The minimum absolute atomic E-state index is 0.0317. The number of nitrogens with two attached hydrogens (primary N) is 1. The first kappa shape index (κ1) is 17.0. The summed E-state index contributed by atoms with van der Waals surface area (Å²) >= 11 is 0. The van der Waals surface area contributed by atoms with Crippen LogP contribution in [0.2, 0.25) is 0 Å². The standard InChI is InChI=1S/C21H22N2O2/c1-15-10-11-18(13-16(15)2)23-20(24)14-22-21(19-9-6-12-25-19)17-7-4-3-5-8-17/h3-13,21-22H,14H2,1-2H3,(H,23,24)/p+1/t21-/m1/s1. The molecule has 4 nitrogen and oxygen atoms in total. The van der Waals surface area contributed by atoms with Gasteiger partial charge in [-0.2, -0.15) is 0 Å². The summed E-state index contributed by atoms with van der Waals surface area (Å²) in [6, 6.07) is 19.8. The maximum Gasteiger partial charge on any atom is 0.279 e. The van der Waals surface area contributed by atoms with Crippen LogP contribution in [-0.4, -0.2) is 12.5 Å². The van der Waals surface area contributed by atoms with Gasteiger partial charge in [-0.1, -0.05) is 36.4 Å². The van der Waals surface area contributed by atoms with Gasteiger partial charge in [-0.3, -0.25) is 4.79 Å². The van der Waals surface area contributed by atoms with Crippen LogP contribution in [0.3, 0.4) is 0 Å². The Balaban J connectivity index is 1.66. The number of carbonyl (C=O) groups excluding carboxylic acids is 1. The van der Waals surface area contributed by atoms with Gasteiger partial charge in [-0.15, -0.1) is 0 Å². The van der Waals surface area contributed by atoms with Gasteiger partial charge in [-0.05, 0) is 49.2 Å². The number of nitrogens with one attached hydrogen (secondary N) is 1. The van der Waals surface area contributed by atoms with Crippen LogP contribution in [0.15, 0.2) is 71.3 Å². The van der Waals surface area contributed by atoms with Gasteiger partial charge in [0.15, 0.2) is 18.3 Å². The van der Waals surface area contributed by atoms with E-state index in [1.54, 1.807) is 6.26 Å². The minimum atomic E-state index is -0.0401. The fraction of sp³-hybridized carbons (Fsp3) is 0.190. The van der Waals surface area contributed by atoms with Crippen molar-refractivity contribution in [2.75, 3.05) is 11.9 Å². The maximum absolute atomic E-state index is 12.3. The molecule has 0 spiro atoms. The van der Waals surface area contributed by atoms with Crippen LogP contribution >= 0.6 is 0 Å². The van der Waals surface area contributed by atoms with E-state index in [4.69, 9.17) is 4.42 Å². The van der Waals surface area contributed by atoms with Crippen LogP contribution in [-0.2, 0) is 4.79 Å². The molecular formula is C21H23N2O2+. The van der Waals surface area contributed by atoms with Crippen molar-refractivity contribution in [2.45, 2.75) is 19.9 Å². The Morgan fingerprint density at radius 2 is 1.84 bits per heavy atom. The zero-order valence-corrected chi connectivity index (χ0v) is 14.5. The van der Waals surface area contributed by atoms with Gasteiger partial charge in [0.1, 0.15) is 0 Å². The summed E-state index contributed by atoms with van der Waals surface area (Å²) in [4.78, 5) is 12.3. The van der Waals surface area contributed by atoms with E-state index in [0.29, 0.717) is 6.54 Å². The van der Waals surface area contributed by atoms with Crippen molar-refractivity contribution in [2.24, 2.45) is 0 Å². The molecule has 3 N–H and O–H groups in total. The molecule has 1 aromatic heterocycles. The molecule has 2 aromatic carbocycles. The lowest BCUT2D eigenvalue weighted by Gasteiger charge is -2.14. The molecule has 0 aliphatic carbocycles. The first-order valence-corrected chi connectivity index (χ1v) is 8.42. The van der Waals surface area contributed by atoms with Crippen molar-refractivity contribution in [3.8, 4) is 0 Å². The third-order valence-corrected chi connectivity index (χ3v) is 4.34. The normalized spacial score (nSPS) is 11.9. The van der Waals surface area contributed by atoms with Crippen molar-refractivity contribution in [3.05, 3.63) is 89.4 Å². The van der Waals surface area contributed by atoms with E-state index in [0.717, 1.165) is 17.0 Å². The molecule has 0 radical (unpaired) electrons. The summed E-state index contributed by atoms with van der Waals surface area (Å²) in [5.74, 6) is 0.806. The lowest BCUT2D eigenvalue weighted by molar-refractivity contribution is -0.678. The number of aryl methyl sites for hydroxylation is 2. The van der Waals surface area contributed by atoms with Gasteiger partial charge >= 0.3 is 0 Å². The minimum Gasteiger partial charge on any atom is -0.463 e. The Morgan fingerprint density at radius 1 is 1.04 bits per heavy atom. The average Bonchev–Trinajstić information content (AvgIpc) is 3.14. The zero-order valence-electron chi connectivity index (χ0n) is 14.5. The van der Waals surface area contributed by atoms with Gasteiger partial charge in [0.2, 0.25) is 0 Å². The molecule has 0 saturated carbocycles. The highest BCUT2D eigenvalue weighted by Gasteiger charge is 2.21. The van der Waals surface area contributed by atoms with Gasteiger partial charge < -0.3 is 15.1 Å². The van der Waals surface area contributed by atoms with Crippen LogP contribution in [0.4, 0.5) is 5.69 Å². The Labute approximate surface area is 147 Å². The van der Waals surface area contributed by atoms with E-state index in [2.05, 4.69) is 12.2 Å². The third kappa shape index (κ3) is 4.37. The Bertz CT molecular complexity index is 826. The smallest absolute Gasteiger partial charge is 0.279 e. The van der Waals surface area contributed by atoms with Gasteiger partial charge in [0.05, 0.1) is 6.26 Å². The van der Waals surface area contributed by atoms with Crippen LogP contribution in [0.25, 0.3) is 0 Å². The number of rotatable bonds is 6. The number of hydrogen-bond acceptors (Lipinski definition) is 2. The summed E-state index contributed by atoms with van der Waals surface area (Å²) in [5.41, 5.74) is 4.32. The fourth-order valence-electron chi connectivity index (χ4n) is 2.80. The van der Waals surface area contributed by atoms with Gasteiger partial charge in [0, 0.05) is 11.3 Å². The topological polar surface area (TPSA) is 58.9 Å². The lowest BCUT2D eigenvalue weighted by Crippen LogP contribution is -2.87. The quantitative estimate of drug-likeness (QED) is 0.727. The molecule has 0 aliphatic heterocycles. The number of amides is 1. The number of benzene rings is 2. The first-order valence-electron chi connectivity index (χ1n) is 8.42. The monoisotopic (exact) mass is 335 g/mol. The zero-order chi connectivity index (χ0) is 17.6. The molecule has 4 heteroatoms. The second-order valence-corrected chi connectivity index (χ2v) is 6.19. The first-order chi connectivity index (χ1) is 12.1. The highest BCUT2D eigenvalue weighted by Crippen LogP contribution is 2.18. The summed E-state index contributed by atoms with van der Waals surface area (Å²) in [6.45, 7) is 4.41. The van der Waals surface area contributed by atoms with E-state index in [-0.39, 0.29) is 11.9 Å². The SMILES string of the molecule is Cc1ccc(NC(=O)C[NH2+][C@H](c2ccccc2)c2ccco2)cc1C. The van der Waals surface area contributed by atoms with Crippen LogP contribution in [0, 0.1) is 13.8 Å². The molecule has 25 heavy (non-hydrogen) atoms. The van der Waals surface area contributed by atoms with Crippen molar-refractivity contribution in [3.63, 3.8) is 0 Å². The van der Waals surface area contributed by atoms with E-state index >= 15 is 0 Å². The van der Waals surface area contributed by atoms with Crippen molar-refractivity contribution >= 4 is 11.6 Å². The molecule has 0 bridgehead atoms. The highest BCUT2D eigenvalue weighted by atomic mass is 16.3. The molecule has 1 atom stereocenters. The molecule has 128 valence electrons. The van der Waals surface area contributed by atoms with E-state index in [1.165, 1.54) is 11.1 Å². The molecule has 0 saturated heterocycles. The Morgan fingerprint density at radius 3 is 2.52 bits per heavy atom. The molecule has 3 rings (SSSR count). The van der Waals surface area contributed by atoms with Crippen LogP contribution in [0.1, 0.15) is 28.5 Å². The van der Waals surface area contributed by atoms with Crippen molar-refractivity contribution in [1.82, 2.24) is 0 Å². The number of anilines is 1. The van der Waals surface area contributed by atoms with Crippen molar-refractivity contribution < 1.29 is 14.5 Å². The number of furan rings is 1.